The second-order valence-corrected chi connectivity index (χ2v) is 17.7. The van der Waals surface area contributed by atoms with E-state index in [1.165, 1.54) is 17.0 Å². The van der Waals surface area contributed by atoms with Crippen molar-refractivity contribution in [3.63, 3.8) is 0 Å². The lowest BCUT2D eigenvalue weighted by molar-refractivity contribution is -0.576. The van der Waals surface area contributed by atoms with Crippen molar-refractivity contribution in [2.45, 2.75) is 17.1 Å². The van der Waals surface area contributed by atoms with Crippen molar-refractivity contribution in [1.29, 1.82) is 0 Å². The summed E-state index contributed by atoms with van der Waals surface area (Å²) in [5, 5.41) is 16.5. The number of esters is 1. The van der Waals surface area contributed by atoms with Crippen LogP contribution in [0.5, 0.6) is 5.75 Å². The van der Waals surface area contributed by atoms with Gasteiger partial charge < -0.3 is 14.8 Å². The summed E-state index contributed by atoms with van der Waals surface area (Å²) < 4.78 is 25.4. The highest BCUT2D eigenvalue weighted by Crippen LogP contribution is 2.57. The van der Waals surface area contributed by atoms with E-state index in [1.807, 2.05) is 54.6 Å². The largest absolute Gasteiger partial charge is 0.484 e. The van der Waals surface area contributed by atoms with E-state index in [-0.39, 0.29) is 11.3 Å². The zero-order valence-electron chi connectivity index (χ0n) is 28.8. The fourth-order valence-electron chi connectivity index (χ4n) is 6.98. The number of hydrogen-bond donors (Lipinski definition) is 1. The Hall–Kier alpha value is -5.97. The number of para-hydroxylation sites is 1. The lowest BCUT2D eigenvalue weighted by atomic mass is 9.87. The van der Waals surface area contributed by atoms with Crippen LogP contribution in [0.25, 0.3) is 0 Å². The lowest BCUT2D eigenvalue weighted by Gasteiger charge is -2.53. The number of carbonyl (C=O) groups excluding carboxylic acids is 3. The zero-order valence-corrected chi connectivity index (χ0v) is 30.5. The van der Waals surface area contributed by atoms with Crippen LogP contribution in [0, 0.1) is 10.1 Å². The van der Waals surface area contributed by atoms with Crippen LogP contribution in [0.2, 0.25) is 0 Å². The van der Waals surface area contributed by atoms with E-state index in [9.17, 15) is 28.7 Å². The Morgan fingerprint density at radius 2 is 1.30 bits per heavy atom. The molecular formula is C41H35N3O8PS+. The highest BCUT2D eigenvalue weighted by atomic mass is 32.2. The number of nitrogens with zero attached hydrogens (tertiary/aromatic N) is 2. The molecule has 0 spiro atoms. The minimum Gasteiger partial charge on any atom is -0.484 e. The molecule has 54 heavy (non-hydrogen) atoms. The minimum absolute atomic E-state index is 0.0362. The van der Waals surface area contributed by atoms with Crippen LogP contribution in [0.3, 0.4) is 0 Å². The van der Waals surface area contributed by atoms with Crippen molar-refractivity contribution in [3.05, 3.63) is 179 Å². The smallest absolute Gasteiger partial charge is 0.382 e. The molecule has 0 aromatic heterocycles. The van der Waals surface area contributed by atoms with Gasteiger partial charge in [0, 0.05) is 6.20 Å². The number of benzene rings is 5. The van der Waals surface area contributed by atoms with Crippen LogP contribution in [-0.4, -0.2) is 61.3 Å². The van der Waals surface area contributed by atoms with E-state index in [4.69, 9.17) is 9.47 Å². The monoisotopic (exact) mass is 760 g/mol. The first-order valence-electron chi connectivity index (χ1n) is 17.1. The molecule has 4 atom stereocenters. The molecule has 13 heteroatoms. The van der Waals surface area contributed by atoms with E-state index >= 15 is 0 Å². The lowest BCUT2D eigenvalue weighted by Crippen LogP contribution is -2.84. The third kappa shape index (κ3) is 6.81. The predicted octanol–water partition coefficient (Wildman–Crippen LogP) is 4.25. The van der Waals surface area contributed by atoms with Gasteiger partial charge in [-0.25, -0.2) is 4.79 Å². The summed E-state index contributed by atoms with van der Waals surface area (Å²) in [5.41, 5.74) is -1.77. The Bertz CT molecular complexity index is 2120. The SMILES string of the molecule is O=C(COc1ccccc1)NC1(C(=O)OC(c2ccccc2)[N+](=O)[O-])C(=O)N2C=C(C[P+](c3ccccc3)(c3ccccc3)c3ccccc3)CS(=O)[C@H]21. The van der Waals surface area contributed by atoms with E-state index in [1.54, 1.807) is 54.7 Å². The summed E-state index contributed by atoms with van der Waals surface area (Å²) in [7, 11) is -4.43. The van der Waals surface area contributed by atoms with Gasteiger partial charge in [0.05, 0.1) is 33.2 Å². The summed E-state index contributed by atoms with van der Waals surface area (Å²) in [6, 6.07) is 46.2. The molecule has 5 aromatic carbocycles. The average Bonchev–Trinajstić information content (AvgIpc) is 3.21. The van der Waals surface area contributed by atoms with Gasteiger partial charge in [-0.1, -0.05) is 91.0 Å². The first-order chi connectivity index (χ1) is 26.2. The summed E-state index contributed by atoms with van der Waals surface area (Å²) >= 11 is 0. The van der Waals surface area contributed by atoms with Gasteiger partial charge in [0.25, 0.3) is 17.4 Å². The zero-order chi connectivity index (χ0) is 37.7. The number of carbonyl (C=O) groups is 3. The molecule has 2 aliphatic heterocycles. The first kappa shape index (κ1) is 36.4. The van der Waals surface area contributed by atoms with Gasteiger partial charge in [-0.2, -0.15) is 0 Å². The molecular weight excluding hydrogens is 726 g/mol. The molecule has 1 saturated heterocycles. The average molecular weight is 761 g/mol. The number of ether oxygens (including phenoxy) is 2. The standard InChI is InChI=1S/C41H34N3O8PS/c45-36(27-51-32-18-8-2-9-19-32)42-41(40(47)52-37(44(48)49)31-16-6-1-7-17-31)38(46)43-26-30(29-54(50)39(41)43)28-53(33-20-10-3-11-21-33,34-22-12-4-13-23-34)35-24-14-5-15-25-35/h1-26,37,39H,27-29H2/p+1/t37?,39-,41?,54?/m0/s1. The normalized spacial score (nSPS) is 19.7. The number of β-lactam (4-membered cyclic amide) rings is 1. The number of fused-ring (bicyclic) bond motifs is 1. The van der Waals surface area contributed by atoms with Crippen LogP contribution in [0.15, 0.2) is 163 Å². The van der Waals surface area contributed by atoms with Crippen LogP contribution in [-0.2, 0) is 29.9 Å². The van der Waals surface area contributed by atoms with E-state index in [0.717, 1.165) is 15.9 Å². The van der Waals surface area contributed by atoms with Gasteiger partial charge in [0.15, 0.2) is 12.0 Å². The number of nitrogens with one attached hydrogen (secondary N) is 1. The summed E-state index contributed by atoms with van der Waals surface area (Å²) in [6.45, 7) is -0.595. The van der Waals surface area contributed by atoms with Crippen molar-refractivity contribution in [3.8, 4) is 5.75 Å². The number of amides is 2. The van der Waals surface area contributed by atoms with Gasteiger partial charge >= 0.3 is 12.2 Å². The van der Waals surface area contributed by atoms with Gasteiger partial charge in [0.2, 0.25) is 0 Å². The number of hydrogen-bond acceptors (Lipinski definition) is 8. The Balaban J connectivity index is 1.26. The highest BCUT2D eigenvalue weighted by Gasteiger charge is 2.71. The summed E-state index contributed by atoms with van der Waals surface area (Å²) in [4.78, 5) is 54.5. The van der Waals surface area contributed by atoms with Crippen molar-refractivity contribution in [2.24, 2.45) is 0 Å². The van der Waals surface area contributed by atoms with Crippen LogP contribution in [0.4, 0.5) is 0 Å². The van der Waals surface area contributed by atoms with E-state index in [0.29, 0.717) is 17.5 Å². The van der Waals surface area contributed by atoms with Crippen molar-refractivity contribution in [1.82, 2.24) is 10.2 Å². The minimum atomic E-state index is -2.52. The molecule has 2 heterocycles. The summed E-state index contributed by atoms with van der Waals surface area (Å²) in [6.07, 6.45) is 0.0450. The van der Waals surface area contributed by atoms with Crippen molar-refractivity contribution >= 4 is 51.8 Å². The van der Waals surface area contributed by atoms with Crippen molar-refractivity contribution < 1.29 is 33.0 Å². The second kappa shape index (κ2) is 15.6. The fraction of sp³-hybridized carbons (Fsp3) is 0.146. The Kier molecular flexibility index (Phi) is 10.5. The third-order valence-electron chi connectivity index (χ3n) is 9.39. The summed E-state index contributed by atoms with van der Waals surface area (Å²) in [5.74, 6) is -2.87. The molecule has 11 nitrogen and oxygen atoms in total. The van der Waals surface area contributed by atoms with E-state index in [2.05, 4.69) is 41.7 Å². The molecule has 272 valence electrons. The molecule has 1 N–H and O–H groups in total. The molecule has 2 aliphatic rings. The predicted molar refractivity (Wildman–Crippen MR) is 207 cm³/mol. The fourth-order valence-corrected chi connectivity index (χ4v) is 13.2. The van der Waals surface area contributed by atoms with Gasteiger partial charge in [-0.15, -0.1) is 0 Å². The van der Waals surface area contributed by atoms with Gasteiger partial charge in [-0.05, 0) is 66.2 Å². The van der Waals surface area contributed by atoms with Crippen LogP contribution in [0.1, 0.15) is 11.8 Å². The highest BCUT2D eigenvalue weighted by molar-refractivity contribution is 7.96. The first-order valence-corrected chi connectivity index (χ1v) is 20.4. The Morgan fingerprint density at radius 1 is 0.815 bits per heavy atom. The molecule has 7 rings (SSSR count). The van der Waals surface area contributed by atoms with Gasteiger partial charge in [-0.3, -0.25) is 28.8 Å². The molecule has 0 bridgehead atoms. The topological polar surface area (TPSA) is 145 Å². The van der Waals surface area contributed by atoms with Crippen LogP contribution < -0.4 is 26.0 Å². The number of nitro groups is 1. The quantitative estimate of drug-likeness (QED) is 0.0357. The van der Waals surface area contributed by atoms with E-state index < -0.39 is 64.5 Å². The maximum atomic E-state index is 14.4. The molecule has 0 saturated carbocycles. The molecule has 1 fully saturated rings. The molecule has 0 radical (unpaired) electrons. The molecule has 0 aliphatic carbocycles. The Morgan fingerprint density at radius 3 is 1.80 bits per heavy atom. The van der Waals surface area contributed by atoms with Gasteiger partial charge in [0.1, 0.15) is 28.9 Å². The third-order valence-corrected chi connectivity index (χ3v) is 15.5. The van der Waals surface area contributed by atoms with Crippen LogP contribution >= 0.6 is 7.26 Å². The molecule has 3 unspecified atom stereocenters. The molecule has 2 amide bonds. The second-order valence-electron chi connectivity index (χ2n) is 12.8. The van der Waals surface area contributed by atoms with Crippen molar-refractivity contribution in [2.75, 3.05) is 18.5 Å². The maximum Gasteiger partial charge on any atom is 0.382 e. The number of rotatable bonds is 13. The maximum absolute atomic E-state index is 14.4. The molecule has 5 aromatic rings. The Labute approximate surface area is 314 Å².